The van der Waals surface area contributed by atoms with Crippen LogP contribution in [0.15, 0.2) is 61.1 Å². The third-order valence-corrected chi connectivity index (χ3v) is 3.12. The van der Waals surface area contributed by atoms with Crippen molar-refractivity contribution >= 4 is 5.97 Å². The lowest BCUT2D eigenvalue weighted by Gasteiger charge is -2.01. The van der Waals surface area contributed by atoms with Crippen LogP contribution in [0.4, 0.5) is 0 Å². The van der Waals surface area contributed by atoms with E-state index in [1.165, 1.54) is 12.3 Å². The molecule has 0 spiro atoms. The van der Waals surface area contributed by atoms with Gasteiger partial charge in [0.05, 0.1) is 24.0 Å². The van der Waals surface area contributed by atoms with E-state index in [0.29, 0.717) is 12.2 Å². The first kappa shape index (κ1) is 13.1. The van der Waals surface area contributed by atoms with Gasteiger partial charge in [0.2, 0.25) is 0 Å². The molecule has 3 aromatic rings. The van der Waals surface area contributed by atoms with Crippen molar-refractivity contribution in [1.29, 1.82) is 0 Å². The average molecular weight is 279 g/mol. The van der Waals surface area contributed by atoms with E-state index in [1.807, 2.05) is 36.5 Å². The van der Waals surface area contributed by atoms with Crippen LogP contribution in [0.5, 0.6) is 0 Å². The van der Waals surface area contributed by atoms with E-state index in [2.05, 4.69) is 10.1 Å². The van der Waals surface area contributed by atoms with Gasteiger partial charge in [-0.2, -0.15) is 5.10 Å². The Hall–Kier alpha value is -2.95. The molecule has 0 saturated carbocycles. The Kier molecular flexibility index (Phi) is 3.47. The number of aromatic nitrogens is 3. The lowest BCUT2D eigenvalue weighted by atomic mass is 10.1. The normalized spacial score (nSPS) is 10.5. The molecule has 21 heavy (non-hydrogen) atoms. The van der Waals surface area contributed by atoms with Crippen molar-refractivity contribution in [1.82, 2.24) is 14.8 Å². The molecule has 2 heterocycles. The van der Waals surface area contributed by atoms with Crippen molar-refractivity contribution in [3.63, 3.8) is 0 Å². The van der Waals surface area contributed by atoms with Crippen LogP contribution >= 0.6 is 0 Å². The lowest BCUT2D eigenvalue weighted by Crippen LogP contribution is -1.99. The number of carbonyl (C=O) groups is 1. The second-order valence-corrected chi connectivity index (χ2v) is 4.65. The summed E-state index contributed by atoms with van der Waals surface area (Å²) >= 11 is 0. The van der Waals surface area contributed by atoms with Crippen LogP contribution in [0.25, 0.3) is 11.3 Å². The molecule has 0 atom stereocenters. The smallest absolute Gasteiger partial charge is 0.335 e. The molecular formula is C16H13N3O2. The Bertz CT molecular complexity index is 766. The number of aromatic carboxylic acids is 1. The number of hydrogen-bond donors (Lipinski definition) is 1. The SMILES string of the molecule is O=C(O)c1ccnc(-c2cnn(Cc3ccccc3)c2)c1. The molecule has 3 rings (SSSR count). The number of nitrogens with zero attached hydrogens (tertiary/aromatic N) is 3. The second kappa shape index (κ2) is 5.58. The molecule has 5 nitrogen and oxygen atoms in total. The molecule has 0 saturated heterocycles. The maximum Gasteiger partial charge on any atom is 0.335 e. The summed E-state index contributed by atoms with van der Waals surface area (Å²) in [5, 5.41) is 13.3. The standard InChI is InChI=1S/C16H13N3O2/c20-16(21)13-6-7-17-15(8-13)14-9-18-19(11-14)10-12-4-2-1-3-5-12/h1-9,11H,10H2,(H,20,21). The van der Waals surface area contributed by atoms with Crippen molar-refractivity contribution in [3.8, 4) is 11.3 Å². The molecule has 5 heteroatoms. The van der Waals surface area contributed by atoms with Crippen LogP contribution in [0.3, 0.4) is 0 Å². The highest BCUT2D eigenvalue weighted by Gasteiger charge is 2.08. The first-order valence-corrected chi connectivity index (χ1v) is 6.48. The van der Waals surface area contributed by atoms with Crippen LogP contribution in [-0.4, -0.2) is 25.8 Å². The second-order valence-electron chi connectivity index (χ2n) is 4.65. The maximum absolute atomic E-state index is 11.0. The van der Waals surface area contributed by atoms with E-state index >= 15 is 0 Å². The van der Waals surface area contributed by atoms with Gasteiger partial charge in [0.1, 0.15) is 0 Å². The van der Waals surface area contributed by atoms with Crippen LogP contribution in [0.1, 0.15) is 15.9 Å². The van der Waals surface area contributed by atoms with Gasteiger partial charge in [-0.05, 0) is 17.7 Å². The van der Waals surface area contributed by atoms with Crippen LogP contribution in [0, 0.1) is 0 Å². The van der Waals surface area contributed by atoms with Gasteiger partial charge in [0.25, 0.3) is 0 Å². The third kappa shape index (κ3) is 2.97. The summed E-state index contributed by atoms with van der Waals surface area (Å²) in [5.74, 6) is -0.963. The zero-order chi connectivity index (χ0) is 14.7. The van der Waals surface area contributed by atoms with Gasteiger partial charge in [-0.1, -0.05) is 30.3 Å². The summed E-state index contributed by atoms with van der Waals surface area (Å²) in [7, 11) is 0. The van der Waals surface area contributed by atoms with Crippen LogP contribution < -0.4 is 0 Å². The largest absolute Gasteiger partial charge is 0.478 e. The molecule has 0 aliphatic carbocycles. The monoisotopic (exact) mass is 279 g/mol. The molecule has 0 bridgehead atoms. The number of carboxylic acids is 1. The van der Waals surface area contributed by atoms with E-state index in [-0.39, 0.29) is 5.56 Å². The Morgan fingerprint density at radius 1 is 1.19 bits per heavy atom. The molecule has 0 aliphatic rings. The van der Waals surface area contributed by atoms with E-state index in [1.54, 1.807) is 16.9 Å². The molecule has 0 aliphatic heterocycles. The molecule has 0 unspecified atom stereocenters. The fourth-order valence-electron chi connectivity index (χ4n) is 2.07. The minimum Gasteiger partial charge on any atom is -0.478 e. The molecule has 0 fully saturated rings. The number of hydrogen-bond acceptors (Lipinski definition) is 3. The Morgan fingerprint density at radius 3 is 2.76 bits per heavy atom. The molecular weight excluding hydrogens is 266 g/mol. The highest BCUT2D eigenvalue weighted by molar-refractivity contribution is 5.88. The molecule has 2 aromatic heterocycles. The number of carboxylic acid groups (broad SMARTS) is 1. The number of rotatable bonds is 4. The number of pyridine rings is 1. The summed E-state index contributed by atoms with van der Waals surface area (Å²) in [6.45, 7) is 0.666. The predicted molar refractivity (Wildman–Crippen MR) is 78.0 cm³/mol. The van der Waals surface area contributed by atoms with Gasteiger partial charge in [-0.15, -0.1) is 0 Å². The topological polar surface area (TPSA) is 68.0 Å². The van der Waals surface area contributed by atoms with Crippen molar-refractivity contribution < 1.29 is 9.90 Å². The van der Waals surface area contributed by atoms with E-state index in [0.717, 1.165) is 11.1 Å². The van der Waals surface area contributed by atoms with E-state index < -0.39 is 5.97 Å². The first-order chi connectivity index (χ1) is 10.2. The summed E-state index contributed by atoms with van der Waals surface area (Å²) in [5.41, 5.74) is 2.78. The Balaban J connectivity index is 1.85. The quantitative estimate of drug-likeness (QED) is 0.797. The van der Waals surface area contributed by atoms with Gasteiger partial charge in [-0.25, -0.2) is 4.79 Å². The van der Waals surface area contributed by atoms with Gasteiger partial charge in [-0.3, -0.25) is 9.67 Å². The third-order valence-electron chi connectivity index (χ3n) is 3.12. The van der Waals surface area contributed by atoms with Gasteiger partial charge < -0.3 is 5.11 Å². The van der Waals surface area contributed by atoms with Crippen LogP contribution in [0.2, 0.25) is 0 Å². The van der Waals surface area contributed by atoms with Crippen molar-refractivity contribution in [3.05, 3.63) is 72.2 Å². The summed E-state index contributed by atoms with van der Waals surface area (Å²) in [4.78, 5) is 15.2. The average Bonchev–Trinajstić information content (AvgIpc) is 2.97. The predicted octanol–water partition coefficient (Wildman–Crippen LogP) is 2.69. The van der Waals surface area contributed by atoms with Gasteiger partial charge in [0, 0.05) is 18.0 Å². The van der Waals surface area contributed by atoms with E-state index in [9.17, 15) is 4.79 Å². The molecule has 104 valence electrons. The lowest BCUT2D eigenvalue weighted by molar-refractivity contribution is 0.0697. The summed E-state index contributed by atoms with van der Waals surface area (Å²) in [6.07, 6.45) is 5.05. The van der Waals surface area contributed by atoms with Crippen molar-refractivity contribution in [2.24, 2.45) is 0 Å². The Labute approximate surface area is 121 Å². The fraction of sp³-hybridized carbons (Fsp3) is 0.0625. The maximum atomic E-state index is 11.0. The van der Waals surface area contributed by atoms with Crippen molar-refractivity contribution in [2.45, 2.75) is 6.54 Å². The zero-order valence-corrected chi connectivity index (χ0v) is 11.2. The minimum absolute atomic E-state index is 0.218. The highest BCUT2D eigenvalue weighted by atomic mass is 16.4. The van der Waals surface area contributed by atoms with Gasteiger partial charge >= 0.3 is 5.97 Å². The van der Waals surface area contributed by atoms with Crippen LogP contribution in [-0.2, 0) is 6.54 Å². The number of benzene rings is 1. The fourth-order valence-corrected chi connectivity index (χ4v) is 2.07. The minimum atomic E-state index is -0.963. The molecule has 0 radical (unpaired) electrons. The molecule has 1 aromatic carbocycles. The molecule has 1 N–H and O–H groups in total. The van der Waals surface area contributed by atoms with E-state index in [4.69, 9.17) is 5.11 Å². The summed E-state index contributed by atoms with van der Waals surface area (Å²) < 4.78 is 1.81. The summed E-state index contributed by atoms with van der Waals surface area (Å²) in [6, 6.07) is 13.0. The Morgan fingerprint density at radius 2 is 2.00 bits per heavy atom. The highest BCUT2D eigenvalue weighted by Crippen LogP contribution is 2.17. The van der Waals surface area contributed by atoms with Crippen molar-refractivity contribution in [2.75, 3.05) is 0 Å². The first-order valence-electron chi connectivity index (χ1n) is 6.48. The molecule has 0 amide bonds. The zero-order valence-electron chi connectivity index (χ0n) is 11.2. The van der Waals surface area contributed by atoms with Gasteiger partial charge in [0.15, 0.2) is 0 Å².